The first-order valence-corrected chi connectivity index (χ1v) is 4.88. The van der Waals surface area contributed by atoms with Crippen LogP contribution in [0.2, 0.25) is 5.02 Å². The minimum absolute atomic E-state index is 0.102. The van der Waals surface area contributed by atoms with Gasteiger partial charge in [0.15, 0.2) is 0 Å². The van der Waals surface area contributed by atoms with Crippen LogP contribution < -0.4 is 10.5 Å². The molecule has 0 aromatic heterocycles. The molecule has 2 rings (SSSR count). The Hall–Kier alpha value is -1.26. The number of nitrogens with two attached hydrogens (primary N) is 1. The second-order valence-electron chi connectivity index (χ2n) is 3.46. The molecule has 1 aromatic rings. The van der Waals surface area contributed by atoms with Gasteiger partial charge in [-0.15, -0.1) is 0 Å². The highest BCUT2D eigenvalue weighted by Crippen LogP contribution is 2.35. The third-order valence-corrected chi connectivity index (χ3v) is 2.74. The molecule has 1 aromatic carbocycles. The lowest BCUT2D eigenvalue weighted by atomic mass is 9.91. The molecule has 0 saturated heterocycles. The molecule has 0 saturated carbocycles. The summed E-state index contributed by atoms with van der Waals surface area (Å²) in [7, 11) is 0. The Bertz CT molecular complexity index is 408. The summed E-state index contributed by atoms with van der Waals surface area (Å²) in [5.74, 6) is -1.05. The molecular formula is C10H10ClNO3. The summed E-state index contributed by atoms with van der Waals surface area (Å²) in [6.45, 7) is 0.102. The van der Waals surface area contributed by atoms with Crippen molar-refractivity contribution in [2.75, 3.05) is 6.61 Å². The number of ether oxygens (including phenoxy) is 1. The highest BCUT2D eigenvalue weighted by molar-refractivity contribution is 6.30. The van der Waals surface area contributed by atoms with Gasteiger partial charge in [0.25, 0.3) is 0 Å². The van der Waals surface area contributed by atoms with Gasteiger partial charge in [0, 0.05) is 10.6 Å². The van der Waals surface area contributed by atoms with Crippen molar-refractivity contribution >= 4 is 17.6 Å². The standard InChI is InChI=1S/C10H10ClNO3/c11-5-1-2-8-6(3-5)9(12)7(4-15-8)10(13)14/h1-3,7,9H,4,12H2,(H,13,14). The third-order valence-electron chi connectivity index (χ3n) is 2.50. The molecule has 1 aliphatic rings. The summed E-state index contributed by atoms with van der Waals surface area (Å²) >= 11 is 5.81. The summed E-state index contributed by atoms with van der Waals surface area (Å²) in [6, 6.07) is 4.48. The maximum Gasteiger partial charge on any atom is 0.311 e. The van der Waals surface area contributed by atoms with Crippen molar-refractivity contribution in [3.05, 3.63) is 28.8 Å². The molecule has 0 bridgehead atoms. The molecule has 80 valence electrons. The van der Waals surface area contributed by atoms with Crippen molar-refractivity contribution in [3.63, 3.8) is 0 Å². The van der Waals surface area contributed by atoms with Gasteiger partial charge in [-0.1, -0.05) is 11.6 Å². The van der Waals surface area contributed by atoms with E-state index in [0.717, 1.165) is 0 Å². The number of benzene rings is 1. The summed E-state index contributed by atoms with van der Waals surface area (Å²) in [5, 5.41) is 9.44. The van der Waals surface area contributed by atoms with Gasteiger partial charge in [-0.2, -0.15) is 0 Å². The Morgan fingerprint density at radius 3 is 3.00 bits per heavy atom. The van der Waals surface area contributed by atoms with E-state index >= 15 is 0 Å². The van der Waals surface area contributed by atoms with E-state index in [0.29, 0.717) is 16.3 Å². The molecule has 0 fully saturated rings. The Morgan fingerprint density at radius 2 is 2.33 bits per heavy atom. The predicted molar refractivity (Wildman–Crippen MR) is 55.0 cm³/mol. The van der Waals surface area contributed by atoms with Crippen molar-refractivity contribution in [1.29, 1.82) is 0 Å². The number of carboxylic acids is 1. The van der Waals surface area contributed by atoms with Crippen molar-refractivity contribution in [2.24, 2.45) is 11.7 Å². The average Bonchev–Trinajstić information content (AvgIpc) is 2.19. The van der Waals surface area contributed by atoms with E-state index in [1.165, 1.54) is 0 Å². The normalized spacial score (nSPS) is 24.1. The lowest BCUT2D eigenvalue weighted by Gasteiger charge is -2.28. The highest BCUT2D eigenvalue weighted by Gasteiger charge is 2.33. The van der Waals surface area contributed by atoms with Gasteiger partial charge in [-0.3, -0.25) is 4.79 Å². The van der Waals surface area contributed by atoms with Gasteiger partial charge < -0.3 is 15.6 Å². The Labute approximate surface area is 91.6 Å². The number of halogens is 1. The zero-order valence-corrected chi connectivity index (χ0v) is 8.57. The van der Waals surface area contributed by atoms with E-state index in [4.69, 9.17) is 27.2 Å². The number of hydrogen-bond donors (Lipinski definition) is 2. The maximum absolute atomic E-state index is 10.9. The quantitative estimate of drug-likeness (QED) is 0.761. The molecule has 0 spiro atoms. The van der Waals surface area contributed by atoms with Gasteiger partial charge in [0.2, 0.25) is 0 Å². The van der Waals surface area contributed by atoms with Crippen LogP contribution in [0.15, 0.2) is 18.2 Å². The number of carboxylic acid groups (broad SMARTS) is 1. The van der Waals surface area contributed by atoms with Crippen LogP contribution in [0.1, 0.15) is 11.6 Å². The lowest BCUT2D eigenvalue weighted by Crippen LogP contribution is -2.36. The van der Waals surface area contributed by atoms with Gasteiger partial charge in [-0.25, -0.2) is 0 Å². The van der Waals surface area contributed by atoms with E-state index in [1.54, 1.807) is 18.2 Å². The van der Waals surface area contributed by atoms with Crippen molar-refractivity contribution in [3.8, 4) is 5.75 Å². The number of fused-ring (bicyclic) bond motifs is 1. The number of rotatable bonds is 1. The van der Waals surface area contributed by atoms with Gasteiger partial charge >= 0.3 is 5.97 Å². The van der Waals surface area contributed by atoms with E-state index in [2.05, 4.69) is 0 Å². The maximum atomic E-state index is 10.9. The number of hydrogen-bond acceptors (Lipinski definition) is 3. The first kappa shape index (κ1) is 10.3. The van der Waals surface area contributed by atoms with Crippen LogP contribution in [-0.2, 0) is 4.79 Å². The molecule has 0 aliphatic carbocycles. The van der Waals surface area contributed by atoms with Crippen molar-refractivity contribution in [1.82, 2.24) is 0 Å². The minimum atomic E-state index is -0.951. The second-order valence-corrected chi connectivity index (χ2v) is 3.90. The average molecular weight is 228 g/mol. The van der Waals surface area contributed by atoms with Crippen LogP contribution >= 0.6 is 11.6 Å². The lowest BCUT2D eigenvalue weighted by molar-refractivity contribution is -0.144. The molecular weight excluding hydrogens is 218 g/mol. The van der Waals surface area contributed by atoms with Crippen LogP contribution in [0.3, 0.4) is 0 Å². The molecule has 2 atom stereocenters. The first-order chi connectivity index (χ1) is 7.09. The Kier molecular flexibility index (Phi) is 2.54. The minimum Gasteiger partial charge on any atom is -0.492 e. The zero-order valence-electron chi connectivity index (χ0n) is 7.81. The van der Waals surface area contributed by atoms with Gasteiger partial charge in [0.05, 0.1) is 6.04 Å². The predicted octanol–water partition coefficient (Wildman–Crippen LogP) is 1.43. The summed E-state index contributed by atoms with van der Waals surface area (Å²) in [6.07, 6.45) is 0. The first-order valence-electron chi connectivity index (χ1n) is 4.50. The Balaban J connectivity index is 2.40. The molecule has 5 heteroatoms. The second kappa shape index (κ2) is 3.72. The highest BCUT2D eigenvalue weighted by atomic mass is 35.5. The number of aliphatic carboxylic acids is 1. The fraction of sp³-hybridized carbons (Fsp3) is 0.300. The van der Waals surface area contributed by atoms with Gasteiger partial charge in [0.1, 0.15) is 18.3 Å². The van der Waals surface area contributed by atoms with Crippen LogP contribution in [0, 0.1) is 5.92 Å². The van der Waals surface area contributed by atoms with Crippen LogP contribution in [0.25, 0.3) is 0 Å². The smallest absolute Gasteiger partial charge is 0.311 e. The molecule has 1 aliphatic heterocycles. The molecule has 0 radical (unpaired) electrons. The zero-order chi connectivity index (χ0) is 11.0. The SMILES string of the molecule is NC1c2cc(Cl)ccc2OCC1C(=O)O. The molecule has 2 unspecified atom stereocenters. The largest absolute Gasteiger partial charge is 0.492 e. The molecule has 0 amide bonds. The Morgan fingerprint density at radius 1 is 1.60 bits per heavy atom. The van der Waals surface area contributed by atoms with E-state index in [-0.39, 0.29) is 6.61 Å². The molecule has 4 nitrogen and oxygen atoms in total. The van der Waals surface area contributed by atoms with Crippen molar-refractivity contribution < 1.29 is 14.6 Å². The van der Waals surface area contributed by atoms with Crippen molar-refractivity contribution in [2.45, 2.75) is 6.04 Å². The fourth-order valence-electron chi connectivity index (χ4n) is 1.64. The van der Waals surface area contributed by atoms with E-state index in [1.807, 2.05) is 0 Å². The molecule has 3 N–H and O–H groups in total. The monoisotopic (exact) mass is 227 g/mol. The van der Waals surface area contributed by atoms with E-state index < -0.39 is 17.9 Å². The summed E-state index contributed by atoms with van der Waals surface area (Å²) < 4.78 is 5.30. The molecule has 15 heavy (non-hydrogen) atoms. The fourth-order valence-corrected chi connectivity index (χ4v) is 1.82. The topological polar surface area (TPSA) is 72.5 Å². The summed E-state index contributed by atoms with van der Waals surface area (Å²) in [4.78, 5) is 10.9. The van der Waals surface area contributed by atoms with Gasteiger partial charge in [-0.05, 0) is 18.2 Å². The third kappa shape index (κ3) is 1.78. The molecule has 1 heterocycles. The number of carbonyl (C=O) groups is 1. The van der Waals surface area contributed by atoms with E-state index in [9.17, 15) is 4.79 Å². The summed E-state index contributed by atoms with van der Waals surface area (Å²) in [5.41, 5.74) is 6.49. The van der Waals surface area contributed by atoms with Crippen LogP contribution in [0.4, 0.5) is 0 Å². The van der Waals surface area contributed by atoms with Crippen LogP contribution in [-0.4, -0.2) is 17.7 Å². The van der Waals surface area contributed by atoms with Crippen LogP contribution in [0.5, 0.6) is 5.75 Å².